The van der Waals surface area contributed by atoms with Crippen LogP contribution < -0.4 is 4.74 Å². The van der Waals surface area contributed by atoms with Crippen molar-refractivity contribution in [1.82, 2.24) is 4.90 Å². The first-order chi connectivity index (χ1) is 17.0. The number of Topliss-reactive ketones (excluding diaryl/α,β-unsaturated/α-hetero) is 1. The second-order valence-electron chi connectivity index (χ2n) is 8.63. The zero-order valence-corrected chi connectivity index (χ0v) is 20.1. The van der Waals surface area contributed by atoms with Gasteiger partial charge in [-0.3, -0.25) is 4.79 Å². The number of benzene rings is 3. The van der Waals surface area contributed by atoms with Gasteiger partial charge in [0.15, 0.2) is 0 Å². The Morgan fingerprint density at radius 3 is 2.40 bits per heavy atom. The Bertz CT molecular complexity index is 1280. The molecule has 4 aromatic rings. The first-order valence-corrected chi connectivity index (χ1v) is 11.7. The van der Waals surface area contributed by atoms with Crippen LogP contribution in [0.1, 0.15) is 40.4 Å². The Morgan fingerprint density at radius 1 is 0.886 bits per heavy atom. The lowest BCUT2D eigenvalue weighted by atomic mass is 10.1. The van der Waals surface area contributed by atoms with Crippen LogP contribution in [0.15, 0.2) is 95.6 Å². The Balaban J connectivity index is 1.39. The highest BCUT2D eigenvalue weighted by atomic mass is 16.5. The molecule has 1 aromatic heterocycles. The molecule has 1 amide bonds. The first-order valence-electron chi connectivity index (χ1n) is 11.7. The number of rotatable bonds is 10. The summed E-state index contributed by atoms with van der Waals surface area (Å²) < 4.78 is 11.6. The minimum Gasteiger partial charge on any atom is -0.489 e. The van der Waals surface area contributed by atoms with Crippen LogP contribution in [0.3, 0.4) is 0 Å². The van der Waals surface area contributed by atoms with Gasteiger partial charge in [0.2, 0.25) is 0 Å². The molecular formula is C30H29NO4. The SMILES string of the molecule is CC(=O)CCc1cccc(COc2ccccc2CN(C)C(=O)c2ccc(-c3ccco3)cc2)c1. The highest BCUT2D eigenvalue weighted by molar-refractivity contribution is 5.94. The summed E-state index contributed by atoms with van der Waals surface area (Å²) >= 11 is 0. The highest BCUT2D eigenvalue weighted by Gasteiger charge is 2.15. The monoisotopic (exact) mass is 467 g/mol. The van der Waals surface area contributed by atoms with Gasteiger partial charge >= 0.3 is 0 Å². The molecular weight excluding hydrogens is 438 g/mol. The van der Waals surface area contributed by atoms with Crippen molar-refractivity contribution in [1.29, 1.82) is 0 Å². The molecule has 0 fully saturated rings. The third-order valence-corrected chi connectivity index (χ3v) is 5.82. The van der Waals surface area contributed by atoms with E-state index in [1.54, 1.807) is 25.1 Å². The maximum atomic E-state index is 13.0. The molecule has 5 heteroatoms. The zero-order valence-electron chi connectivity index (χ0n) is 20.1. The van der Waals surface area contributed by atoms with Crippen LogP contribution in [-0.2, 0) is 24.4 Å². The average molecular weight is 468 g/mol. The number of carbonyl (C=O) groups excluding carboxylic acids is 2. The number of hydrogen-bond acceptors (Lipinski definition) is 4. The number of ketones is 1. The van der Waals surface area contributed by atoms with Crippen molar-refractivity contribution in [2.24, 2.45) is 0 Å². The third kappa shape index (κ3) is 6.48. The molecule has 0 spiro atoms. The molecule has 4 rings (SSSR count). The molecule has 0 aliphatic rings. The number of aryl methyl sites for hydroxylation is 1. The van der Waals surface area contributed by atoms with Crippen molar-refractivity contribution >= 4 is 11.7 Å². The van der Waals surface area contributed by atoms with E-state index in [2.05, 4.69) is 6.07 Å². The van der Waals surface area contributed by atoms with Gasteiger partial charge in [-0.15, -0.1) is 0 Å². The topological polar surface area (TPSA) is 59.8 Å². The molecule has 0 atom stereocenters. The Hall–Kier alpha value is -4.12. The lowest BCUT2D eigenvalue weighted by Crippen LogP contribution is -2.26. The van der Waals surface area contributed by atoms with Gasteiger partial charge in [-0.2, -0.15) is 0 Å². The quantitative estimate of drug-likeness (QED) is 0.274. The first kappa shape index (κ1) is 24.0. The number of ether oxygens (including phenoxy) is 1. The van der Waals surface area contributed by atoms with E-state index >= 15 is 0 Å². The fourth-order valence-electron chi connectivity index (χ4n) is 3.90. The van der Waals surface area contributed by atoms with E-state index in [9.17, 15) is 9.59 Å². The molecule has 0 radical (unpaired) electrons. The van der Waals surface area contributed by atoms with Crippen molar-refractivity contribution in [2.75, 3.05) is 7.05 Å². The number of furan rings is 1. The van der Waals surface area contributed by atoms with Crippen LogP contribution in [-0.4, -0.2) is 23.6 Å². The minimum absolute atomic E-state index is 0.0658. The van der Waals surface area contributed by atoms with Gasteiger partial charge < -0.3 is 18.8 Å². The third-order valence-electron chi connectivity index (χ3n) is 5.82. The zero-order chi connectivity index (χ0) is 24.6. The largest absolute Gasteiger partial charge is 0.489 e. The van der Waals surface area contributed by atoms with E-state index < -0.39 is 0 Å². The van der Waals surface area contributed by atoms with Crippen molar-refractivity contribution < 1.29 is 18.7 Å². The van der Waals surface area contributed by atoms with E-state index in [0.29, 0.717) is 25.1 Å². The molecule has 1 heterocycles. The van der Waals surface area contributed by atoms with Gasteiger partial charge in [-0.1, -0.05) is 54.6 Å². The molecule has 0 saturated heterocycles. The second kappa shape index (κ2) is 11.3. The minimum atomic E-state index is -0.0658. The van der Waals surface area contributed by atoms with Crippen LogP contribution in [0, 0.1) is 0 Å². The summed E-state index contributed by atoms with van der Waals surface area (Å²) in [5.74, 6) is 1.64. The molecule has 0 bridgehead atoms. The number of carbonyl (C=O) groups is 2. The average Bonchev–Trinajstić information content (AvgIpc) is 3.42. The van der Waals surface area contributed by atoms with Gasteiger partial charge in [0.05, 0.1) is 6.26 Å². The predicted molar refractivity (Wildman–Crippen MR) is 136 cm³/mol. The Morgan fingerprint density at radius 2 is 1.66 bits per heavy atom. The van der Waals surface area contributed by atoms with Crippen LogP contribution in [0.25, 0.3) is 11.3 Å². The summed E-state index contributed by atoms with van der Waals surface area (Å²) in [6.45, 7) is 2.45. The summed E-state index contributed by atoms with van der Waals surface area (Å²) in [6, 6.07) is 27.0. The number of para-hydroxylation sites is 1. The van der Waals surface area contributed by atoms with E-state index in [1.165, 1.54) is 0 Å². The van der Waals surface area contributed by atoms with Crippen molar-refractivity contribution in [2.45, 2.75) is 32.9 Å². The van der Waals surface area contributed by atoms with Gasteiger partial charge in [0.1, 0.15) is 23.9 Å². The fraction of sp³-hybridized carbons (Fsp3) is 0.200. The predicted octanol–water partition coefficient (Wildman–Crippen LogP) is 6.32. The lowest BCUT2D eigenvalue weighted by molar-refractivity contribution is -0.116. The number of hydrogen-bond donors (Lipinski definition) is 0. The van der Waals surface area contributed by atoms with Gasteiger partial charge in [-0.05, 0) is 54.8 Å². The molecule has 5 nitrogen and oxygen atoms in total. The molecule has 0 N–H and O–H groups in total. The lowest BCUT2D eigenvalue weighted by Gasteiger charge is -2.20. The van der Waals surface area contributed by atoms with Crippen molar-refractivity contribution in [3.63, 3.8) is 0 Å². The maximum absolute atomic E-state index is 13.0. The van der Waals surface area contributed by atoms with Crippen LogP contribution in [0.5, 0.6) is 5.75 Å². The molecule has 0 unspecified atom stereocenters. The second-order valence-corrected chi connectivity index (χ2v) is 8.63. The van der Waals surface area contributed by atoms with Crippen molar-refractivity contribution in [3.8, 4) is 17.1 Å². The van der Waals surface area contributed by atoms with Crippen LogP contribution in [0.4, 0.5) is 0 Å². The number of nitrogens with zero attached hydrogens (tertiary/aromatic N) is 1. The molecule has 35 heavy (non-hydrogen) atoms. The summed E-state index contributed by atoms with van der Waals surface area (Å²) in [5.41, 5.74) is 4.64. The Kier molecular flexibility index (Phi) is 7.78. The fourth-order valence-corrected chi connectivity index (χ4v) is 3.90. The normalized spacial score (nSPS) is 10.7. The van der Waals surface area contributed by atoms with Crippen molar-refractivity contribution in [3.05, 3.63) is 113 Å². The molecule has 3 aromatic carbocycles. The molecule has 0 aliphatic heterocycles. The van der Waals surface area contributed by atoms with Gasteiger partial charge in [0.25, 0.3) is 5.91 Å². The van der Waals surface area contributed by atoms with E-state index in [0.717, 1.165) is 40.2 Å². The van der Waals surface area contributed by atoms with E-state index in [4.69, 9.17) is 9.15 Å². The highest BCUT2D eigenvalue weighted by Crippen LogP contribution is 2.23. The molecule has 0 aliphatic carbocycles. The molecule has 178 valence electrons. The smallest absolute Gasteiger partial charge is 0.253 e. The standard InChI is InChI=1S/C30H29NO4/c1-22(32)12-13-23-7-5-8-24(19-23)21-35-29-10-4-3-9-27(29)20-31(2)30(33)26-16-14-25(15-17-26)28-11-6-18-34-28/h3-11,14-19H,12-13,20-21H2,1-2H3. The van der Waals surface area contributed by atoms with E-state index in [-0.39, 0.29) is 11.7 Å². The van der Waals surface area contributed by atoms with Crippen LogP contribution >= 0.6 is 0 Å². The summed E-state index contributed by atoms with van der Waals surface area (Å²) in [4.78, 5) is 26.0. The van der Waals surface area contributed by atoms with Gasteiger partial charge in [-0.25, -0.2) is 0 Å². The maximum Gasteiger partial charge on any atom is 0.253 e. The summed E-state index contributed by atoms with van der Waals surface area (Å²) in [5, 5.41) is 0. The van der Waals surface area contributed by atoms with Crippen LogP contribution in [0.2, 0.25) is 0 Å². The van der Waals surface area contributed by atoms with Gasteiger partial charge in [0, 0.05) is 36.7 Å². The summed E-state index contributed by atoms with van der Waals surface area (Å²) in [6.07, 6.45) is 2.90. The number of amides is 1. The molecule has 0 saturated carbocycles. The van der Waals surface area contributed by atoms with E-state index in [1.807, 2.05) is 78.9 Å². The Labute approximate surface area is 206 Å². The summed E-state index contributed by atoms with van der Waals surface area (Å²) in [7, 11) is 1.79.